The fraction of sp³-hybridized carbons (Fsp3) is 0.444. The second kappa shape index (κ2) is 9.95. The van der Waals surface area contributed by atoms with Crippen molar-refractivity contribution in [1.29, 1.82) is 0 Å². The van der Waals surface area contributed by atoms with E-state index in [1.165, 1.54) is 25.7 Å². The van der Waals surface area contributed by atoms with Crippen LogP contribution in [-0.4, -0.2) is 19.0 Å². The first-order chi connectivity index (χ1) is 9.73. The van der Waals surface area contributed by atoms with Gasteiger partial charge >= 0.3 is 0 Å². The number of benzene rings is 1. The summed E-state index contributed by atoms with van der Waals surface area (Å²) in [5.41, 5.74) is 0. The van der Waals surface area contributed by atoms with Gasteiger partial charge in [-0.15, -0.1) is 0 Å². The predicted octanol–water partition coefficient (Wildman–Crippen LogP) is 2.68. The molecule has 110 valence electrons. The lowest BCUT2D eigenvalue weighted by atomic mass is 10.3. The van der Waals surface area contributed by atoms with Gasteiger partial charge < -0.3 is 0 Å². The molecule has 1 aromatic rings. The minimum absolute atomic E-state index is 0.204. The lowest BCUT2D eigenvalue weighted by Gasteiger charge is -2.07. The number of rotatable bonds is 8. The molecule has 0 atom stereocenters. The zero-order valence-corrected chi connectivity index (χ0v) is 16.5. The van der Waals surface area contributed by atoms with Crippen LogP contribution in [0.1, 0.15) is 53.4 Å². The highest BCUT2D eigenvalue weighted by molar-refractivity contribution is 6.63. The SMILES string of the molecule is CCC=C(CC)[SiH2]c1ccc([SiH2]C(=CCC)CC)cc1. The van der Waals surface area contributed by atoms with E-state index in [2.05, 4.69) is 64.1 Å². The Morgan fingerprint density at radius 1 is 0.750 bits per heavy atom. The summed E-state index contributed by atoms with van der Waals surface area (Å²) < 4.78 is 0. The summed E-state index contributed by atoms with van der Waals surface area (Å²) in [6.45, 7) is 9.06. The molecular weight excluding hydrogens is 272 g/mol. The molecule has 0 saturated carbocycles. The summed E-state index contributed by atoms with van der Waals surface area (Å²) in [4.78, 5) is 0. The predicted molar refractivity (Wildman–Crippen MR) is 100 cm³/mol. The molecule has 1 rings (SSSR count). The third-order valence-electron chi connectivity index (χ3n) is 3.78. The van der Waals surface area contributed by atoms with Crippen molar-refractivity contribution in [3.05, 3.63) is 46.8 Å². The van der Waals surface area contributed by atoms with E-state index in [4.69, 9.17) is 0 Å². The number of hydrogen-bond acceptors (Lipinski definition) is 0. The zero-order valence-electron chi connectivity index (χ0n) is 13.7. The highest BCUT2D eigenvalue weighted by Crippen LogP contribution is 2.02. The third kappa shape index (κ3) is 6.06. The summed E-state index contributed by atoms with van der Waals surface area (Å²) in [5, 5.41) is 6.61. The van der Waals surface area contributed by atoms with Gasteiger partial charge in [0.2, 0.25) is 0 Å². The van der Waals surface area contributed by atoms with Crippen molar-refractivity contribution in [2.24, 2.45) is 0 Å². The standard InChI is InChI=1S/C18H30Si2/c1-5-9-15(7-3)19-17-11-13-18(14-12-17)20-16(8-4)10-6-2/h9-14H,5-8,19-20H2,1-4H3. The Bertz CT molecular complexity index is 398. The van der Waals surface area contributed by atoms with Crippen LogP contribution in [0.15, 0.2) is 46.8 Å². The molecule has 0 radical (unpaired) electrons. The molecule has 0 aliphatic rings. The molecule has 0 spiro atoms. The van der Waals surface area contributed by atoms with E-state index >= 15 is 0 Å². The van der Waals surface area contributed by atoms with Gasteiger partial charge in [0.15, 0.2) is 0 Å². The van der Waals surface area contributed by atoms with Crippen LogP contribution < -0.4 is 10.4 Å². The Morgan fingerprint density at radius 2 is 1.10 bits per heavy atom. The lowest BCUT2D eigenvalue weighted by Crippen LogP contribution is -2.22. The molecule has 0 heterocycles. The second-order valence-corrected chi connectivity index (χ2v) is 9.57. The van der Waals surface area contributed by atoms with E-state index < -0.39 is 0 Å². The topological polar surface area (TPSA) is 0 Å². The molecule has 0 unspecified atom stereocenters. The maximum atomic E-state index is 2.44. The summed E-state index contributed by atoms with van der Waals surface area (Å²) in [7, 11) is -0.409. The molecule has 20 heavy (non-hydrogen) atoms. The maximum absolute atomic E-state index is 2.44. The molecule has 1 aromatic carbocycles. The van der Waals surface area contributed by atoms with E-state index in [-0.39, 0.29) is 19.0 Å². The van der Waals surface area contributed by atoms with Crippen molar-refractivity contribution in [2.45, 2.75) is 53.4 Å². The first-order valence-corrected chi connectivity index (χ1v) is 11.0. The Kier molecular flexibility index (Phi) is 8.55. The van der Waals surface area contributed by atoms with Crippen molar-refractivity contribution in [3.8, 4) is 0 Å². The van der Waals surface area contributed by atoms with Crippen LogP contribution in [0.3, 0.4) is 0 Å². The van der Waals surface area contributed by atoms with Gasteiger partial charge in [-0.25, -0.2) is 0 Å². The smallest absolute Gasteiger partial charge is 0.0819 e. The summed E-state index contributed by atoms with van der Waals surface area (Å²) >= 11 is 0. The largest absolute Gasteiger partial charge is 0.0897 e. The summed E-state index contributed by atoms with van der Waals surface area (Å²) in [6, 6.07) is 9.58. The molecule has 0 aromatic heterocycles. The van der Waals surface area contributed by atoms with Gasteiger partial charge in [-0.1, -0.05) is 84.9 Å². The molecule has 0 amide bonds. The third-order valence-corrected chi connectivity index (χ3v) is 8.02. The average Bonchev–Trinajstić information content (AvgIpc) is 2.48. The van der Waals surface area contributed by atoms with Gasteiger partial charge in [-0.3, -0.25) is 0 Å². The number of hydrogen-bond donors (Lipinski definition) is 0. The Morgan fingerprint density at radius 3 is 1.35 bits per heavy atom. The van der Waals surface area contributed by atoms with E-state index in [0.29, 0.717) is 0 Å². The lowest BCUT2D eigenvalue weighted by molar-refractivity contribution is 1.13. The van der Waals surface area contributed by atoms with E-state index in [1.54, 1.807) is 20.8 Å². The molecule has 0 saturated heterocycles. The van der Waals surface area contributed by atoms with Gasteiger partial charge in [0.25, 0.3) is 0 Å². The van der Waals surface area contributed by atoms with Crippen LogP contribution >= 0.6 is 0 Å². The van der Waals surface area contributed by atoms with Gasteiger partial charge in [-0.05, 0) is 25.7 Å². The van der Waals surface area contributed by atoms with Crippen LogP contribution in [0.5, 0.6) is 0 Å². The monoisotopic (exact) mass is 302 g/mol. The minimum atomic E-state index is -0.204. The van der Waals surface area contributed by atoms with Crippen LogP contribution in [0.25, 0.3) is 0 Å². The highest BCUT2D eigenvalue weighted by Gasteiger charge is 2.01. The van der Waals surface area contributed by atoms with Crippen molar-refractivity contribution >= 4 is 29.4 Å². The van der Waals surface area contributed by atoms with Gasteiger partial charge in [0, 0.05) is 0 Å². The van der Waals surface area contributed by atoms with E-state index in [1.807, 2.05) is 0 Å². The maximum Gasteiger partial charge on any atom is 0.0819 e. The molecular formula is C18H30Si2. The Hall–Kier alpha value is -0.866. The van der Waals surface area contributed by atoms with Gasteiger partial charge in [0.1, 0.15) is 0 Å². The first kappa shape index (κ1) is 17.2. The van der Waals surface area contributed by atoms with Crippen molar-refractivity contribution in [2.75, 3.05) is 0 Å². The van der Waals surface area contributed by atoms with Crippen LogP contribution in [-0.2, 0) is 0 Å². The summed E-state index contributed by atoms with van der Waals surface area (Å²) in [5.74, 6) is 0. The van der Waals surface area contributed by atoms with Crippen molar-refractivity contribution in [3.63, 3.8) is 0 Å². The first-order valence-electron chi connectivity index (χ1n) is 8.16. The minimum Gasteiger partial charge on any atom is -0.0897 e. The van der Waals surface area contributed by atoms with Gasteiger partial charge in [0.05, 0.1) is 19.0 Å². The highest BCUT2D eigenvalue weighted by atomic mass is 28.2. The normalized spacial score (nSPS) is 14.0. The quantitative estimate of drug-likeness (QED) is 0.648. The van der Waals surface area contributed by atoms with E-state index in [0.717, 1.165) is 0 Å². The Labute approximate surface area is 130 Å². The molecule has 0 aliphatic heterocycles. The molecule has 0 aliphatic carbocycles. The average molecular weight is 303 g/mol. The zero-order chi connectivity index (χ0) is 14.8. The molecule has 0 bridgehead atoms. The molecule has 0 N–H and O–H groups in total. The molecule has 0 fully saturated rings. The van der Waals surface area contributed by atoms with Crippen molar-refractivity contribution < 1.29 is 0 Å². The van der Waals surface area contributed by atoms with Crippen molar-refractivity contribution in [1.82, 2.24) is 0 Å². The van der Waals surface area contributed by atoms with Gasteiger partial charge in [-0.2, -0.15) is 0 Å². The fourth-order valence-electron chi connectivity index (χ4n) is 2.56. The molecule has 0 nitrogen and oxygen atoms in total. The fourth-order valence-corrected chi connectivity index (χ4v) is 5.92. The van der Waals surface area contributed by atoms with Crippen LogP contribution in [0, 0.1) is 0 Å². The van der Waals surface area contributed by atoms with Crippen LogP contribution in [0.2, 0.25) is 0 Å². The molecule has 2 heteroatoms. The second-order valence-electron chi connectivity index (χ2n) is 5.42. The van der Waals surface area contributed by atoms with Crippen LogP contribution in [0.4, 0.5) is 0 Å². The number of allylic oxidation sites excluding steroid dienone is 4. The van der Waals surface area contributed by atoms with E-state index in [9.17, 15) is 0 Å². The Balaban J connectivity index is 2.69. The summed E-state index contributed by atoms with van der Waals surface area (Å²) in [6.07, 6.45) is 9.71.